The molecule has 39 heavy (non-hydrogen) atoms. The van der Waals surface area contributed by atoms with E-state index in [0.29, 0.717) is 0 Å². The van der Waals surface area contributed by atoms with Crippen LogP contribution >= 0.6 is 0 Å². The molecule has 0 saturated carbocycles. The van der Waals surface area contributed by atoms with Gasteiger partial charge in [-0.25, -0.2) is 4.98 Å². The number of unbranched alkanes of at least 4 members (excludes halogenated alkanes) is 3. The van der Waals surface area contributed by atoms with Crippen molar-refractivity contribution in [3.05, 3.63) is 42.7 Å². The highest BCUT2D eigenvalue weighted by Gasteiger charge is 2.42. The number of anilines is 1. The van der Waals surface area contributed by atoms with Crippen molar-refractivity contribution < 1.29 is 0 Å². The van der Waals surface area contributed by atoms with Crippen molar-refractivity contribution in [1.82, 2.24) is 9.22 Å². The Labute approximate surface area is 240 Å². The van der Waals surface area contributed by atoms with E-state index in [9.17, 15) is 4.78 Å². The molecule has 3 rings (SSSR count). The van der Waals surface area contributed by atoms with Crippen LogP contribution in [0.25, 0.3) is 22.2 Å². The second-order valence-corrected chi connectivity index (χ2v) is 23.4. The van der Waals surface area contributed by atoms with E-state index in [1.165, 1.54) is 21.5 Å². The molecule has 4 nitrogen and oxygen atoms in total. The van der Waals surface area contributed by atoms with Gasteiger partial charge in [-0.15, -0.1) is 0 Å². The minimum atomic E-state index is -2.64. The summed E-state index contributed by atoms with van der Waals surface area (Å²) in [6.45, 7) is 19.0. The Hall–Kier alpha value is -1.92. The van der Waals surface area contributed by atoms with Gasteiger partial charge in [-0.05, 0) is 65.3 Å². The number of nitrogens with zero attached hydrogens (tertiary/aromatic N) is 3. The summed E-state index contributed by atoms with van der Waals surface area (Å²) in [6.07, 6.45) is 11.4. The van der Waals surface area contributed by atoms with Gasteiger partial charge in [0.15, 0.2) is 8.24 Å². The lowest BCUT2D eigenvalue weighted by Crippen LogP contribution is -2.45. The van der Waals surface area contributed by atoms with Gasteiger partial charge in [-0.1, -0.05) is 86.0 Å². The molecule has 218 valence electrons. The average Bonchev–Trinajstić information content (AvgIpc) is 3.30. The summed E-state index contributed by atoms with van der Waals surface area (Å²) in [5.41, 5.74) is 4.65. The van der Waals surface area contributed by atoms with Crippen molar-refractivity contribution in [3.8, 4) is 11.1 Å². The van der Waals surface area contributed by atoms with E-state index < -0.39 is 17.2 Å². The van der Waals surface area contributed by atoms with E-state index >= 15 is 0 Å². The smallest absolute Gasteiger partial charge is 0.163 e. The summed E-state index contributed by atoms with van der Waals surface area (Å²) in [7, 11) is -0.441. The monoisotopic (exact) mass is 568 g/mol. The Balaban J connectivity index is 2.40. The summed E-state index contributed by atoms with van der Waals surface area (Å²) in [5, 5.41) is 1.42. The van der Waals surface area contributed by atoms with Gasteiger partial charge in [0, 0.05) is 48.0 Å². The van der Waals surface area contributed by atoms with Crippen molar-refractivity contribution in [2.75, 3.05) is 36.3 Å². The number of fused-ring (bicyclic) bond motifs is 1. The fourth-order valence-electron chi connectivity index (χ4n) is 5.52. The fraction of sp³-hybridized carbons (Fsp3) is 0.606. The van der Waals surface area contributed by atoms with Crippen molar-refractivity contribution >= 4 is 33.9 Å². The Bertz CT molecular complexity index is 1280. The molecule has 0 fully saturated rings. The zero-order valence-electron chi connectivity index (χ0n) is 26.7. The van der Waals surface area contributed by atoms with Gasteiger partial charge in [-0.2, -0.15) is 8.96 Å². The van der Waals surface area contributed by atoms with Crippen molar-refractivity contribution in [1.29, 1.82) is 4.78 Å². The summed E-state index contributed by atoms with van der Waals surface area (Å²) >= 11 is 0. The lowest BCUT2D eigenvalue weighted by molar-refractivity contribution is 0.701. The van der Waals surface area contributed by atoms with E-state index in [1.807, 2.05) is 0 Å². The number of hydrogen-bond acceptors (Lipinski definition) is 3. The maximum Gasteiger partial charge on any atom is 0.163 e. The number of rotatable bonds is 13. The van der Waals surface area contributed by atoms with E-state index in [0.717, 1.165) is 67.0 Å². The third kappa shape index (κ3) is 6.22. The minimum absolute atomic E-state index is 0.171. The van der Waals surface area contributed by atoms with Gasteiger partial charge in [0.05, 0.1) is 0 Å². The summed E-state index contributed by atoms with van der Waals surface area (Å²) in [5.74, 6) is 3.06. The van der Waals surface area contributed by atoms with Gasteiger partial charge in [0.1, 0.15) is 5.65 Å². The third-order valence-electron chi connectivity index (χ3n) is 9.31. The van der Waals surface area contributed by atoms with E-state index in [-0.39, 0.29) is 5.04 Å². The van der Waals surface area contributed by atoms with Gasteiger partial charge in [0.2, 0.25) is 0 Å². The molecule has 0 spiro atoms. The number of nitrogens with one attached hydrogen (secondary N) is 1. The third-order valence-corrected chi connectivity index (χ3v) is 19.8. The number of pyridine rings is 1. The lowest BCUT2D eigenvalue weighted by atomic mass is 10.1. The second kappa shape index (κ2) is 11.9. The molecule has 2 aromatic heterocycles. The van der Waals surface area contributed by atoms with Crippen LogP contribution in [0.15, 0.2) is 47.6 Å². The molecule has 0 atom stereocenters. The number of benzene rings is 1. The maximum atomic E-state index is 10.7. The van der Waals surface area contributed by atoms with Gasteiger partial charge in [-0.3, -0.25) is 4.78 Å². The first kappa shape index (κ1) is 31.6. The van der Waals surface area contributed by atoms with Crippen LogP contribution in [-0.2, 0) is 8.96 Å². The van der Waals surface area contributed by atoms with Crippen LogP contribution in [0, 0.1) is 4.78 Å². The highest BCUT2D eigenvalue weighted by Crippen LogP contribution is 2.48. The van der Waals surface area contributed by atoms with Crippen LogP contribution in [0.4, 0.5) is 5.69 Å². The average molecular weight is 569 g/mol. The van der Waals surface area contributed by atoms with Crippen LogP contribution in [0.2, 0.25) is 18.1 Å². The SMILES string of the molecule is CCCCS(=N)(CCCC)(CCCC)c1cn([Si](C)(C)C(C)(C)C)c2ncc(-c3ccc(N(C)C)cc3)cc12. The largest absolute Gasteiger partial charge is 0.378 e. The highest BCUT2D eigenvalue weighted by molar-refractivity contribution is 8.21. The predicted molar refractivity (Wildman–Crippen MR) is 180 cm³/mol. The standard InChI is InChI=1S/C33H56N4SSi/c1-11-14-21-38(34,22-15-12-2,23-16-13-3)31-26-37(39(9,10)33(4,5)6)32-30(31)24-28(25-35-32)27-17-19-29(20-18-27)36(7)8/h17-20,24-26,34H,11-16,21-23H2,1-10H3. The summed E-state index contributed by atoms with van der Waals surface area (Å²) in [6, 6.07) is 11.2. The zero-order valence-corrected chi connectivity index (χ0v) is 28.5. The molecule has 0 radical (unpaired) electrons. The molecule has 1 aromatic carbocycles. The molecule has 0 unspecified atom stereocenters. The lowest BCUT2D eigenvalue weighted by Gasteiger charge is -2.47. The van der Waals surface area contributed by atoms with Crippen molar-refractivity contribution in [3.63, 3.8) is 0 Å². The predicted octanol–water partition coefficient (Wildman–Crippen LogP) is 9.83. The molecule has 0 saturated heterocycles. The normalized spacial score (nSPS) is 13.9. The van der Waals surface area contributed by atoms with E-state index in [4.69, 9.17) is 4.98 Å². The maximum absolute atomic E-state index is 10.7. The van der Waals surface area contributed by atoms with Crippen LogP contribution in [0.5, 0.6) is 0 Å². The Morgan fingerprint density at radius 2 is 1.38 bits per heavy atom. The van der Waals surface area contributed by atoms with E-state index in [1.54, 1.807) is 0 Å². The summed E-state index contributed by atoms with van der Waals surface area (Å²) < 4.78 is 13.3. The first-order valence-corrected chi connectivity index (χ1v) is 20.7. The number of hydrogen-bond donors (Lipinski definition) is 1. The quantitative estimate of drug-likeness (QED) is 0.209. The first-order valence-electron chi connectivity index (χ1n) is 15.2. The van der Waals surface area contributed by atoms with Crippen LogP contribution in [0.3, 0.4) is 0 Å². The topological polar surface area (TPSA) is 44.9 Å². The Kier molecular flexibility index (Phi) is 9.64. The Morgan fingerprint density at radius 3 is 1.82 bits per heavy atom. The molecule has 0 aliphatic heterocycles. The molecule has 6 heteroatoms. The summed E-state index contributed by atoms with van der Waals surface area (Å²) in [4.78, 5) is 8.70. The van der Waals surface area contributed by atoms with E-state index in [2.05, 4.69) is 121 Å². The minimum Gasteiger partial charge on any atom is -0.378 e. The second-order valence-electron chi connectivity index (χ2n) is 13.5. The van der Waals surface area contributed by atoms with Gasteiger partial charge < -0.3 is 9.13 Å². The van der Waals surface area contributed by atoms with Crippen LogP contribution < -0.4 is 4.90 Å². The van der Waals surface area contributed by atoms with Crippen LogP contribution in [-0.4, -0.2) is 48.8 Å². The molecule has 3 aromatic rings. The molecule has 0 aliphatic carbocycles. The van der Waals surface area contributed by atoms with Crippen molar-refractivity contribution in [2.24, 2.45) is 0 Å². The molecule has 0 aliphatic rings. The highest BCUT2D eigenvalue weighted by atomic mass is 32.3. The van der Waals surface area contributed by atoms with Gasteiger partial charge >= 0.3 is 0 Å². The molecule has 0 bridgehead atoms. The first-order chi connectivity index (χ1) is 18.2. The molecular weight excluding hydrogens is 513 g/mol. The molecular formula is C33H56N4SSi. The fourth-order valence-corrected chi connectivity index (χ4v) is 12.8. The molecule has 2 heterocycles. The van der Waals surface area contributed by atoms with Gasteiger partial charge in [0.25, 0.3) is 0 Å². The van der Waals surface area contributed by atoms with Crippen molar-refractivity contribution in [2.45, 2.75) is 103 Å². The molecule has 1 N–H and O–H groups in total. The number of aromatic nitrogens is 2. The Morgan fingerprint density at radius 1 is 0.872 bits per heavy atom. The molecule has 0 amide bonds. The van der Waals surface area contributed by atoms with Crippen LogP contribution in [0.1, 0.15) is 80.1 Å². The zero-order chi connectivity index (χ0) is 29.1.